The molecule has 3 atom stereocenters. The van der Waals surface area contributed by atoms with Gasteiger partial charge >= 0.3 is 0 Å². The van der Waals surface area contributed by atoms with Crippen molar-refractivity contribution in [2.24, 2.45) is 5.92 Å². The van der Waals surface area contributed by atoms with Gasteiger partial charge in [0.05, 0.1) is 25.2 Å². The van der Waals surface area contributed by atoms with Crippen LogP contribution in [0.15, 0.2) is 54.6 Å². The molecular formula is C23H31NO3. The van der Waals surface area contributed by atoms with Crippen LogP contribution in [0.4, 0.5) is 0 Å². The zero-order chi connectivity index (χ0) is 19.6. The summed E-state index contributed by atoms with van der Waals surface area (Å²) < 4.78 is 5.81. The maximum Gasteiger partial charge on any atom is 0.230 e. The lowest BCUT2D eigenvalue weighted by Gasteiger charge is -2.20. The highest BCUT2D eigenvalue weighted by molar-refractivity contribution is 5.84. The van der Waals surface area contributed by atoms with Gasteiger partial charge in [-0.15, -0.1) is 0 Å². The van der Waals surface area contributed by atoms with E-state index in [4.69, 9.17) is 4.74 Å². The highest BCUT2D eigenvalue weighted by Gasteiger charge is 2.21. The normalized spacial score (nSPS) is 14.2. The molecule has 0 radical (unpaired) electrons. The molecule has 0 heterocycles. The van der Waals surface area contributed by atoms with Crippen LogP contribution in [0.2, 0.25) is 0 Å². The molecule has 146 valence electrons. The number of benzene rings is 2. The van der Waals surface area contributed by atoms with Gasteiger partial charge in [0, 0.05) is 0 Å². The van der Waals surface area contributed by atoms with Crippen molar-refractivity contribution < 1.29 is 14.6 Å². The molecule has 0 fully saturated rings. The van der Waals surface area contributed by atoms with Gasteiger partial charge in [-0.2, -0.15) is 0 Å². The number of nitrogens with one attached hydrogen (secondary N) is 1. The standard InChI is InChI=1S/C23H31NO3/c1-4-8-17(2)16-27-21-13-11-20(12-14-21)22(15-25)23(26)24-18(3)19-9-6-5-7-10-19/h5-7,9-14,17-18,22,25H,4,8,15-16H2,1-3H3,(H,24,26)/t17?,18-,22-/m0/s1. The summed E-state index contributed by atoms with van der Waals surface area (Å²) in [4.78, 5) is 12.6. The Balaban J connectivity index is 1.96. The Morgan fingerprint density at radius 2 is 1.70 bits per heavy atom. The van der Waals surface area contributed by atoms with Crippen molar-refractivity contribution in [3.05, 3.63) is 65.7 Å². The van der Waals surface area contributed by atoms with Crippen molar-refractivity contribution in [2.45, 2.75) is 45.6 Å². The molecule has 1 unspecified atom stereocenters. The predicted molar refractivity (Wildman–Crippen MR) is 109 cm³/mol. The van der Waals surface area contributed by atoms with Crippen molar-refractivity contribution in [2.75, 3.05) is 13.2 Å². The molecule has 0 aliphatic heterocycles. The number of hydrogen-bond acceptors (Lipinski definition) is 3. The van der Waals surface area contributed by atoms with E-state index in [1.807, 2.05) is 61.5 Å². The molecule has 0 saturated carbocycles. The molecule has 0 aliphatic carbocycles. The molecular weight excluding hydrogens is 338 g/mol. The number of aliphatic hydroxyl groups excluding tert-OH is 1. The first kappa shape index (κ1) is 21.0. The molecule has 0 bridgehead atoms. The van der Waals surface area contributed by atoms with Crippen LogP contribution in [-0.2, 0) is 4.79 Å². The van der Waals surface area contributed by atoms with Crippen molar-refractivity contribution >= 4 is 5.91 Å². The van der Waals surface area contributed by atoms with E-state index in [2.05, 4.69) is 19.2 Å². The van der Waals surface area contributed by atoms with Crippen molar-refractivity contribution in [3.63, 3.8) is 0 Å². The van der Waals surface area contributed by atoms with Gasteiger partial charge in [-0.3, -0.25) is 4.79 Å². The van der Waals surface area contributed by atoms with Gasteiger partial charge in [-0.05, 0) is 42.5 Å². The third-order valence-corrected chi connectivity index (χ3v) is 4.76. The zero-order valence-corrected chi connectivity index (χ0v) is 16.5. The molecule has 2 N–H and O–H groups in total. The minimum absolute atomic E-state index is 0.115. The lowest BCUT2D eigenvalue weighted by Crippen LogP contribution is -2.33. The average molecular weight is 370 g/mol. The van der Waals surface area contributed by atoms with Crippen LogP contribution in [0.1, 0.15) is 56.7 Å². The lowest BCUT2D eigenvalue weighted by molar-refractivity contribution is -0.124. The molecule has 0 aromatic heterocycles. The second-order valence-electron chi connectivity index (χ2n) is 7.15. The molecule has 4 nitrogen and oxygen atoms in total. The van der Waals surface area contributed by atoms with Crippen molar-refractivity contribution in [3.8, 4) is 5.75 Å². The molecule has 2 rings (SSSR count). The van der Waals surface area contributed by atoms with Gasteiger partial charge < -0.3 is 15.2 Å². The summed E-state index contributed by atoms with van der Waals surface area (Å²) in [5, 5.41) is 12.7. The lowest BCUT2D eigenvalue weighted by atomic mass is 9.98. The van der Waals surface area contributed by atoms with Gasteiger partial charge in [0.1, 0.15) is 5.75 Å². The summed E-state index contributed by atoms with van der Waals surface area (Å²) in [5.74, 6) is 0.532. The monoisotopic (exact) mass is 369 g/mol. The first-order chi connectivity index (χ1) is 13.0. The number of ether oxygens (including phenoxy) is 1. The highest BCUT2D eigenvalue weighted by atomic mass is 16.5. The molecule has 0 aliphatic rings. The van der Waals surface area contributed by atoms with E-state index in [0.29, 0.717) is 12.5 Å². The maximum atomic E-state index is 12.6. The molecule has 2 aromatic carbocycles. The van der Waals surface area contributed by atoms with E-state index in [-0.39, 0.29) is 18.6 Å². The fourth-order valence-electron chi connectivity index (χ4n) is 3.09. The van der Waals surface area contributed by atoms with Gasteiger partial charge in [0.25, 0.3) is 0 Å². The third kappa shape index (κ3) is 6.40. The van der Waals surface area contributed by atoms with Gasteiger partial charge in [0.15, 0.2) is 0 Å². The minimum Gasteiger partial charge on any atom is -0.493 e. The summed E-state index contributed by atoms with van der Waals surface area (Å²) >= 11 is 0. The minimum atomic E-state index is -0.593. The summed E-state index contributed by atoms with van der Waals surface area (Å²) in [7, 11) is 0. The largest absolute Gasteiger partial charge is 0.493 e. The van der Waals surface area contributed by atoms with Gasteiger partial charge in [0.2, 0.25) is 5.91 Å². The number of carbonyl (C=O) groups is 1. The Morgan fingerprint density at radius 1 is 1.04 bits per heavy atom. The Bertz CT molecular complexity index is 685. The van der Waals surface area contributed by atoms with Crippen LogP contribution in [0.5, 0.6) is 5.75 Å². The number of rotatable bonds is 10. The quantitative estimate of drug-likeness (QED) is 0.650. The summed E-state index contributed by atoms with van der Waals surface area (Å²) in [6.07, 6.45) is 2.29. The van der Waals surface area contributed by atoms with Crippen LogP contribution < -0.4 is 10.1 Å². The van der Waals surface area contributed by atoms with E-state index in [1.165, 1.54) is 0 Å². The second kappa shape index (κ2) is 10.7. The number of amides is 1. The fraction of sp³-hybridized carbons (Fsp3) is 0.435. The predicted octanol–water partition coefficient (Wildman–Crippen LogP) is 4.45. The summed E-state index contributed by atoms with van der Waals surface area (Å²) in [6, 6.07) is 17.1. The third-order valence-electron chi connectivity index (χ3n) is 4.76. The molecule has 0 spiro atoms. The van der Waals surface area contributed by atoms with Crippen molar-refractivity contribution in [1.29, 1.82) is 0 Å². The van der Waals surface area contributed by atoms with Crippen LogP contribution in [0.3, 0.4) is 0 Å². The Morgan fingerprint density at radius 3 is 2.30 bits per heavy atom. The maximum absolute atomic E-state index is 12.6. The average Bonchev–Trinajstić information content (AvgIpc) is 2.69. The SMILES string of the molecule is CCCC(C)COc1ccc([C@H](CO)C(=O)N[C@@H](C)c2ccccc2)cc1. The van der Waals surface area contributed by atoms with E-state index >= 15 is 0 Å². The number of aliphatic hydroxyl groups is 1. The highest BCUT2D eigenvalue weighted by Crippen LogP contribution is 2.22. The Kier molecular flexibility index (Phi) is 8.34. The van der Waals surface area contributed by atoms with Crippen molar-refractivity contribution in [1.82, 2.24) is 5.32 Å². The molecule has 4 heteroatoms. The summed E-state index contributed by atoms with van der Waals surface area (Å²) in [6.45, 7) is 6.74. The first-order valence-electron chi connectivity index (χ1n) is 9.74. The number of carbonyl (C=O) groups excluding carboxylic acids is 1. The van der Waals surface area contributed by atoms with Crippen LogP contribution >= 0.6 is 0 Å². The Labute approximate surface area is 162 Å². The number of hydrogen-bond donors (Lipinski definition) is 2. The zero-order valence-electron chi connectivity index (χ0n) is 16.5. The van der Waals surface area contributed by atoms with Crippen LogP contribution in [-0.4, -0.2) is 24.2 Å². The Hall–Kier alpha value is -2.33. The second-order valence-corrected chi connectivity index (χ2v) is 7.15. The van der Waals surface area contributed by atoms with Gasteiger partial charge in [-0.1, -0.05) is 62.7 Å². The molecule has 1 amide bonds. The smallest absolute Gasteiger partial charge is 0.230 e. The van der Waals surface area contributed by atoms with Crippen LogP contribution in [0.25, 0.3) is 0 Å². The molecule has 2 aromatic rings. The van der Waals surface area contributed by atoms with E-state index < -0.39 is 5.92 Å². The topological polar surface area (TPSA) is 58.6 Å². The fourth-order valence-corrected chi connectivity index (χ4v) is 3.09. The first-order valence-corrected chi connectivity index (χ1v) is 9.74. The van der Waals surface area contributed by atoms with E-state index in [0.717, 1.165) is 29.7 Å². The van der Waals surface area contributed by atoms with Gasteiger partial charge in [-0.25, -0.2) is 0 Å². The molecule has 27 heavy (non-hydrogen) atoms. The van der Waals surface area contributed by atoms with Crippen LogP contribution in [0, 0.1) is 5.92 Å². The van der Waals surface area contributed by atoms with E-state index in [1.54, 1.807) is 0 Å². The van der Waals surface area contributed by atoms with E-state index in [9.17, 15) is 9.90 Å². The molecule has 0 saturated heterocycles. The summed E-state index contributed by atoms with van der Waals surface area (Å²) in [5.41, 5.74) is 1.82.